The van der Waals surface area contributed by atoms with Crippen molar-refractivity contribution in [3.8, 4) is 0 Å². The first-order chi connectivity index (χ1) is 13.3. The van der Waals surface area contributed by atoms with Crippen molar-refractivity contribution in [2.75, 3.05) is 32.8 Å². The van der Waals surface area contributed by atoms with E-state index < -0.39 is 0 Å². The van der Waals surface area contributed by atoms with Crippen molar-refractivity contribution in [1.82, 2.24) is 5.32 Å². The monoisotopic (exact) mass is 361 g/mol. The fourth-order valence-electron chi connectivity index (χ4n) is 3.66. The lowest BCUT2D eigenvalue weighted by molar-refractivity contribution is -0.909. The highest BCUT2D eigenvalue weighted by Crippen LogP contribution is 2.17. The van der Waals surface area contributed by atoms with E-state index in [-0.39, 0.29) is 11.9 Å². The number of morpholine rings is 1. The van der Waals surface area contributed by atoms with Gasteiger partial charge in [-0.25, -0.2) is 0 Å². The Morgan fingerprint density at radius 1 is 0.926 bits per heavy atom. The molecular weight excluding hydrogens is 336 g/mol. The van der Waals surface area contributed by atoms with E-state index in [9.17, 15) is 4.79 Å². The zero-order valence-corrected chi connectivity index (χ0v) is 15.4. The Hall–Kier alpha value is -2.69. The second-order valence-corrected chi connectivity index (χ2v) is 7.07. The number of hydrogen-bond donors (Lipinski definition) is 2. The number of benzene rings is 3. The summed E-state index contributed by atoms with van der Waals surface area (Å²) in [5.41, 5.74) is 1.84. The van der Waals surface area contributed by atoms with Crippen LogP contribution in [-0.2, 0) is 4.74 Å². The van der Waals surface area contributed by atoms with E-state index in [2.05, 4.69) is 23.5 Å². The van der Waals surface area contributed by atoms with Crippen LogP contribution < -0.4 is 10.2 Å². The van der Waals surface area contributed by atoms with E-state index in [4.69, 9.17) is 4.74 Å². The maximum absolute atomic E-state index is 13.0. The van der Waals surface area contributed by atoms with Crippen LogP contribution >= 0.6 is 0 Å². The zero-order chi connectivity index (χ0) is 18.5. The lowest BCUT2D eigenvalue weighted by Crippen LogP contribution is -3.14. The van der Waals surface area contributed by atoms with Gasteiger partial charge in [-0.3, -0.25) is 4.79 Å². The quantitative estimate of drug-likeness (QED) is 0.732. The molecule has 0 bridgehead atoms. The molecule has 1 saturated heterocycles. The summed E-state index contributed by atoms with van der Waals surface area (Å²) >= 11 is 0. The van der Waals surface area contributed by atoms with Gasteiger partial charge in [0.15, 0.2) is 0 Å². The molecule has 3 aromatic carbocycles. The first-order valence-electron chi connectivity index (χ1n) is 9.55. The van der Waals surface area contributed by atoms with Gasteiger partial charge in [0, 0.05) is 5.56 Å². The van der Waals surface area contributed by atoms with Crippen molar-refractivity contribution in [3.63, 3.8) is 0 Å². The van der Waals surface area contributed by atoms with Crippen LogP contribution in [0.3, 0.4) is 0 Å². The van der Waals surface area contributed by atoms with Crippen LogP contribution in [0.15, 0.2) is 72.8 Å². The number of hydrogen-bond acceptors (Lipinski definition) is 2. The SMILES string of the molecule is O=C(N[C@@H](C[NH+]1CCOCC1)c1ccccc1)c1ccc2ccccc2c1. The fourth-order valence-corrected chi connectivity index (χ4v) is 3.66. The van der Waals surface area contributed by atoms with E-state index in [1.54, 1.807) is 0 Å². The standard InChI is InChI=1S/C23H24N2O2/c26-23(21-11-10-18-6-4-5-9-20(18)16-21)24-22(19-7-2-1-3-8-19)17-25-12-14-27-15-13-25/h1-11,16,22H,12-15,17H2,(H,24,26)/p+1/t22-/m0/s1. The first-order valence-corrected chi connectivity index (χ1v) is 9.55. The number of amides is 1. The predicted molar refractivity (Wildman–Crippen MR) is 107 cm³/mol. The highest BCUT2D eigenvalue weighted by molar-refractivity contribution is 5.98. The molecule has 0 unspecified atom stereocenters. The number of rotatable bonds is 5. The van der Waals surface area contributed by atoms with Crippen LogP contribution in [-0.4, -0.2) is 38.8 Å². The van der Waals surface area contributed by atoms with E-state index in [1.807, 2.05) is 54.6 Å². The number of carbonyl (C=O) groups is 1. The second-order valence-electron chi connectivity index (χ2n) is 7.07. The first kappa shape index (κ1) is 17.7. The molecule has 0 saturated carbocycles. The highest BCUT2D eigenvalue weighted by atomic mass is 16.5. The summed E-state index contributed by atoms with van der Waals surface area (Å²) in [6, 6.07) is 24.2. The Morgan fingerprint density at radius 3 is 2.41 bits per heavy atom. The largest absolute Gasteiger partial charge is 0.370 e. The van der Waals surface area contributed by atoms with Gasteiger partial charge in [0.2, 0.25) is 0 Å². The van der Waals surface area contributed by atoms with E-state index >= 15 is 0 Å². The summed E-state index contributed by atoms with van der Waals surface area (Å²) in [7, 11) is 0. The summed E-state index contributed by atoms with van der Waals surface area (Å²) in [5, 5.41) is 5.49. The maximum Gasteiger partial charge on any atom is 0.251 e. The molecule has 2 N–H and O–H groups in total. The van der Waals surface area contributed by atoms with Gasteiger partial charge in [-0.2, -0.15) is 0 Å². The Balaban J connectivity index is 1.54. The number of carbonyl (C=O) groups excluding carboxylic acids is 1. The minimum absolute atomic E-state index is 0.0155. The lowest BCUT2D eigenvalue weighted by atomic mass is 10.0. The molecule has 1 aliphatic rings. The number of quaternary nitrogens is 1. The van der Waals surface area contributed by atoms with Crippen LogP contribution in [0.5, 0.6) is 0 Å². The minimum Gasteiger partial charge on any atom is -0.370 e. The van der Waals surface area contributed by atoms with Gasteiger partial charge >= 0.3 is 0 Å². The third-order valence-corrected chi connectivity index (χ3v) is 5.21. The van der Waals surface area contributed by atoms with Crippen LogP contribution in [0.25, 0.3) is 10.8 Å². The molecule has 0 aliphatic carbocycles. The summed E-state index contributed by atoms with van der Waals surface area (Å²) < 4.78 is 5.47. The Bertz CT molecular complexity index is 904. The van der Waals surface area contributed by atoms with Crippen molar-refractivity contribution in [2.45, 2.75) is 6.04 Å². The van der Waals surface area contributed by atoms with Gasteiger partial charge in [0.25, 0.3) is 5.91 Å². The molecule has 1 atom stereocenters. The molecule has 4 nitrogen and oxygen atoms in total. The normalized spacial score (nSPS) is 16.1. The summed E-state index contributed by atoms with van der Waals surface area (Å²) in [6.45, 7) is 4.40. The van der Waals surface area contributed by atoms with Crippen molar-refractivity contribution in [1.29, 1.82) is 0 Å². The molecule has 0 radical (unpaired) electrons. The Labute approximate surface area is 159 Å². The Kier molecular flexibility index (Phi) is 5.47. The van der Waals surface area contributed by atoms with Gasteiger partial charge in [0.1, 0.15) is 25.7 Å². The van der Waals surface area contributed by atoms with E-state index in [0.717, 1.165) is 49.2 Å². The second kappa shape index (κ2) is 8.33. The van der Waals surface area contributed by atoms with Crippen molar-refractivity contribution < 1.29 is 14.4 Å². The predicted octanol–water partition coefficient (Wildman–Crippen LogP) is 2.23. The molecule has 3 aromatic rings. The lowest BCUT2D eigenvalue weighted by Gasteiger charge is -2.28. The van der Waals surface area contributed by atoms with Crippen LogP contribution in [0.2, 0.25) is 0 Å². The summed E-state index contributed by atoms with van der Waals surface area (Å²) in [6.07, 6.45) is 0. The van der Waals surface area contributed by atoms with Crippen molar-refractivity contribution in [2.24, 2.45) is 0 Å². The van der Waals surface area contributed by atoms with Crippen LogP contribution in [0, 0.1) is 0 Å². The molecule has 27 heavy (non-hydrogen) atoms. The zero-order valence-electron chi connectivity index (χ0n) is 15.4. The average molecular weight is 361 g/mol. The fraction of sp³-hybridized carbons (Fsp3) is 0.261. The topological polar surface area (TPSA) is 42.8 Å². The molecule has 1 heterocycles. The van der Waals surface area contributed by atoms with Crippen molar-refractivity contribution >= 4 is 16.7 Å². The number of fused-ring (bicyclic) bond motifs is 1. The van der Waals surface area contributed by atoms with Gasteiger partial charge in [-0.1, -0.05) is 60.7 Å². The van der Waals surface area contributed by atoms with Crippen LogP contribution in [0.4, 0.5) is 0 Å². The van der Waals surface area contributed by atoms with E-state index in [0.29, 0.717) is 5.56 Å². The maximum atomic E-state index is 13.0. The van der Waals surface area contributed by atoms with Gasteiger partial charge in [-0.15, -0.1) is 0 Å². The summed E-state index contributed by atoms with van der Waals surface area (Å²) in [5.74, 6) is -0.0257. The smallest absolute Gasteiger partial charge is 0.251 e. The van der Waals surface area contributed by atoms with Crippen molar-refractivity contribution in [3.05, 3.63) is 83.9 Å². The minimum atomic E-state index is -0.0257. The molecule has 0 spiro atoms. The van der Waals surface area contributed by atoms with Gasteiger partial charge in [-0.05, 0) is 28.5 Å². The molecule has 1 aliphatic heterocycles. The Morgan fingerprint density at radius 2 is 1.63 bits per heavy atom. The van der Waals surface area contributed by atoms with Gasteiger partial charge in [0.05, 0.1) is 13.2 Å². The molecule has 1 fully saturated rings. The number of ether oxygens (including phenoxy) is 1. The average Bonchev–Trinajstić information content (AvgIpc) is 2.74. The third kappa shape index (κ3) is 4.35. The van der Waals surface area contributed by atoms with Crippen LogP contribution in [0.1, 0.15) is 22.0 Å². The molecule has 4 rings (SSSR count). The molecule has 1 amide bonds. The third-order valence-electron chi connectivity index (χ3n) is 5.21. The molecule has 0 aromatic heterocycles. The van der Waals surface area contributed by atoms with Gasteiger partial charge < -0.3 is 15.0 Å². The summed E-state index contributed by atoms with van der Waals surface area (Å²) in [4.78, 5) is 14.4. The molecule has 138 valence electrons. The highest BCUT2D eigenvalue weighted by Gasteiger charge is 2.23. The molecular formula is C23H25N2O2+. The van der Waals surface area contributed by atoms with E-state index in [1.165, 1.54) is 4.90 Å². The number of nitrogens with one attached hydrogen (secondary N) is 2. The molecule has 4 heteroatoms.